The molecule has 2 heterocycles. The highest BCUT2D eigenvalue weighted by Crippen LogP contribution is 2.16. The molecule has 1 aliphatic heterocycles. The number of nitrogens with zero attached hydrogens (tertiary/aromatic N) is 2. The van der Waals surface area contributed by atoms with Crippen LogP contribution in [0, 0.1) is 0 Å². The number of anilines is 1. The fourth-order valence-electron chi connectivity index (χ4n) is 2.58. The van der Waals surface area contributed by atoms with E-state index in [0.717, 1.165) is 30.8 Å². The summed E-state index contributed by atoms with van der Waals surface area (Å²) in [6.07, 6.45) is 0.820. The highest BCUT2D eigenvalue weighted by Gasteiger charge is 2.20. The fourth-order valence-corrected chi connectivity index (χ4v) is 2.58. The SMILES string of the molecule is CNc1nc2c(c(=O)[nH]1)CN(Cc1ccccc1)CC2. The predicted molar refractivity (Wildman–Crippen MR) is 78.7 cm³/mol. The van der Waals surface area contributed by atoms with Crippen molar-refractivity contribution in [3.8, 4) is 0 Å². The average molecular weight is 270 g/mol. The van der Waals surface area contributed by atoms with E-state index in [4.69, 9.17) is 0 Å². The molecular formula is C15H18N4O. The Morgan fingerprint density at radius 1 is 1.35 bits per heavy atom. The van der Waals surface area contributed by atoms with E-state index < -0.39 is 0 Å². The first-order valence-electron chi connectivity index (χ1n) is 6.82. The number of aromatic nitrogens is 2. The second kappa shape index (κ2) is 5.46. The number of hydrogen-bond donors (Lipinski definition) is 2. The van der Waals surface area contributed by atoms with Gasteiger partial charge >= 0.3 is 0 Å². The summed E-state index contributed by atoms with van der Waals surface area (Å²) >= 11 is 0. The Kier molecular flexibility index (Phi) is 3.52. The molecule has 5 nitrogen and oxygen atoms in total. The van der Waals surface area contributed by atoms with Gasteiger partial charge in [-0.1, -0.05) is 30.3 Å². The lowest BCUT2D eigenvalue weighted by atomic mass is 10.1. The van der Waals surface area contributed by atoms with E-state index in [9.17, 15) is 4.79 Å². The molecule has 0 spiro atoms. The van der Waals surface area contributed by atoms with Gasteiger partial charge in [0.2, 0.25) is 5.95 Å². The van der Waals surface area contributed by atoms with E-state index in [1.54, 1.807) is 7.05 Å². The van der Waals surface area contributed by atoms with Gasteiger partial charge in [-0.05, 0) is 5.56 Å². The van der Waals surface area contributed by atoms with Crippen LogP contribution in [0.25, 0.3) is 0 Å². The van der Waals surface area contributed by atoms with E-state index in [0.29, 0.717) is 12.5 Å². The standard InChI is InChI=1S/C15H18N4O/c1-16-15-17-13-7-8-19(10-12(13)14(20)18-15)9-11-5-3-2-4-6-11/h2-6H,7-10H2,1H3,(H2,16,17,18,20). The number of aromatic amines is 1. The van der Waals surface area contributed by atoms with Crippen molar-refractivity contribution in [2.24, 2.45) is 0 Å². The Bertz CT molecular complexity index is 651. The first-order chi connectivity index (χ1) is 9.76. The van der Waals surface area contributed by atoms with Crippen molar-refractivity contribution < 1.29 is 0 Å². The maximum atomic E-state index is 12.1. The highest BCUT2D eigenvalue weighted by atomic mass is 16.1. The molecule has 1 aromatic heterocycles. The molecule has 0 radical (unpaired) electrons. The van der Waals surface area contributed by atoms with Gasteiger partial charge in [0.05, 0.1) is 11.3 Å². The second-order valence-electron chi connectivity index (χ2n) is 5.04. The molecule has 104 valence electrons. The predicted octanol–water partition coefficient (Wildman–Crippen LogP) is 1.37. The van der Waals surface area contributed by atoms with Crippen LogP contribution in [0.5, 0.6) is 0 Å². The molecule has 0 bridgehead atoms. The molecule has 3 rings (SSSR count). The fraction of sp³-hybridized carbons (Fsp3) is 0.333. The van der Waals surface area contributed by atoms with Crippen molar-refractivity contribution in [1.29, 1.82) is 0 Å². The van der Waals surface area contributed by atoms with Gasteiger partial charge in [-0.2, -0.15) is 0 Å². The van der Waals surface area contributed by atoms with Gasteiger partial charge in [0.1, 0.15) is 0 Å². The Morgan fingerprint density at radius 3 is 2.90 bits per heavy atom. The second-order valence-corrected chi connectivity index (χ2v) is 5.04. The number of nitrogens with one attached hydrogen (secondary N) is 2. The van der Waals surface area contributed by atoms with Crippen molar-refractivity contribution in [3.05, 3.63) is 57.5 Å². The summed E-state index contributed by atoms with van der Waals surface area (Å²) in [6, 6.07) is 10.3. The van der Waals surface area contributed by atoms with Crippen LogP contribution in [0.15, 0.2) is 35.1 Å². The van der Waals surface area contributed by atoms with Crippen LogP contribution < -0.4 is 10.9 Å². The summed E-state index contributed by atoms with van der Waals surface area (Å²) < 4.78 is 0. The van der Waals surface area contributed by atoms with Crippen molar-refractivity contribution in [2.45, 2.75) is 19.5 Å². The Labute approximate surface area is 117 Å². The zero-order valence-corrected chi connectivity index (χ0v) is 11.5. The number of hydrogen-bond acceptors (Lipinski definition) is 4. The summed E-state index contributed by atoms with van der Waals surface area (Å²) in [7, 11) is 1.76. The monoisotopic (exact) mass is 270 g/mol. The average Bonchev–Trinajstić information content (AvgIpc) is 2.48. The van der Waals surface area contributed by atoms with Crippen molar-refractivity contribution in [1.82, 2.24) is 14.9 Å². The van der Waals surface area contributed by atoms with Crippen LogP contribution in [0.2, 0.25) is 0 Å². The normalized spacial score (nSPS) is 14.8. The molecule has 0 saturated heterocycles. The molecule has 0 aliphatic carbocycles. The molecule has 1 aliphatic rings. The molecule has 0 atom stereocenters. The van der Waals surface area contributed by atoms with Gasteiger partial charge in [0.15, 0.2) is 0 Å². The van der Waals surface area contributed by atoms with E-state index in [1.165, 1.54) is 5.56 Å². The smallest absolute Gasteiger partial charge is 0.257 e. The lowest BCUT2D eigenvalue weighted by Gasteiger charge is -2.27. The highest BCUT2D eigenvalue weighted by molar-refractivity contribution is 5.30. The molecule has 0 amide bonds. The van der Waals surface area contributed by atoms with Gasteiger partial charge in [0.25, 0.3) is 5.56 Å². The van der Waals surface area contributed by atoms with Gasteiger partial charge in [0, 0.05) is 33.1 Å². The maximum Gasteiger partial charge on any atom is 0.257 e. The minimum absolute atomic E-state index is 0.0305. The zero-order chi connectivity index (χ0) is 13.9. The summed E-state index contributed by atoms with van der Waals surface area (Å²) in [5, 5.41) is 2.89. The third-order valence-corrected chi connectivity index (χ3v) is 3.63. The molecule has 0 unspecified atom stereocenters. The van der Waals surface area contributed by atoms with Gasteiger partial charge in [-0.25, -0.2) is 4.98 Å². The molecule has 2 aromatic rings. The molecular weight excluding hydrogens is 252 g/mol. The summed E-state index contributed by atoms with van der Waals surface area (Å²) in [5.41, 5.74) is 2.96. The molecule has 1 aromatic carbocycles. The van der Waals surface area contributed by atoms with Gasteiger partial charge in [-0.15, -0.1) is 0 Å². The van der Waals surface area contributed by atoms with Crippen molar-refractivity contribution >= 4 is 5.95 Å². The maximum absolute atomic E-state index is 12.1. The zero-order valence-electron chi connectivity index (χ0n) is 11.5. The number of H-pyrrole nitrogens is 1. The summed E-state index contributed by atoms with van der Waals surface area (Å²) in [6.45, 7) is 2.46. The van der Waals surface area contributed by atoms with Gasteiger partial charge in [-0.3, -0.25) is 14.7 Å². The van der Waals surface area contributed by atoms with E-state index in [2.05, 4.69) is 32.3 Å². The first kappa shape index (κ1) is 12.9. The number of rotatable bonds is 3. The number of benzene rings is 1. The minimum atomic E-state index is -0.0305. The van der Waals surface area contributed by atoms with Gasteiger partial charge < -0.3 is 5.32 Å². The van der Waals surface area contributed by atoms with E-state index in [1.807, 2.05) is 18.2 Å². The third kappa shape index (κ3) is 2.58. The van der Waals surface area contributed by atoms with Crippen LogP contribution >= 0.6 is 0 Å². The van der Waals surface area contributed by atoms with Crippen molar-refractivity contribution in [3.63, 3.8) is 0 Å². The minimum Gasteiger partial charge on any atom is -0.359 e. The largest absolute Gasteiger partial charge is 0.359 e. The summed E-state index contributed by atoms with van der Waals surface area (Å²) in [5.74, 6) is 0.547. The molecule has 0 saturated carbocycles. The molecule has 5 heteroatoms. The van der Waals surface area contributed by atoms with Crippen molar-refractivity contribution in [2.75, 3.05) is 18.9 Å². The van der Waals surface area contributed by atoms with Crippen LogP contribution in [0.3, 0.4) is 0 Å². The topological polar surface area (TPSA) is 61.0 Å². The van der Waals surface area contributed by atoms with Crippen LogP contribution in [0.1, 0.15) is 16.8 Å². The summed E-state index contributed by atoms with van der Waals surface area (Å²) in [4.78, 5) is 21.6. The quantitative estimate of drug-likeness (QED) is 0.884. The van der Waals surface area contributed by atoms with Crippen LogP contribution in [0.4, 0.5) is 5.95 Å². The first-order valence-corrected chi connectivity index (χ1v) is 6.82. The molecule has 2 N–H and O–H groups in total. The number of fused-ring (bicyclic) bond motifs is 1. The van der Waals surface area contributed by atoms with Crippen LogP contribution in [-0.4, -0.2) is 28.5 Å². The Hall–Kier alpha value is -2.14. The van der Waals surface area contributed by atoms with E-state index >= 15 is 0 Å². The van der Waals surface area contributed by atoms with E-state index in [-0.39, 0.29) is 5.56 Å². The Balaban J connectivity index is 1.80. The Morgan fingerprint density at radius 2 is 2.15 bits per heavy atom. The van der Waals surface area contributed by atoms with Crippen LogP contribution in [-0.2, 0) is 19.5 Å². The lowest BCUT2D eigenvalue weighted by molar-refractivity contribution is 0.242. The third-order valence-electron chi connectivity index (χ3n) is 3.63. The molecule has 20 heavy (non-hydrogen) atoms. The molecule has 0 fully saturated rings. The lowest BCUT2D eigenvalue weighted by Crippen LogP contribution is -2.35.